The quantitative estimate of drug-likeness (QED) is 0.668. The number of halogens is 1. The monoisotopic (exact) mass is 329 g/mol. The van der Waals surface area contributed by atoms with E-state index in [4.69, 9.17) is 0 Å². The summed E-state index contributed by atoms with van der Waals surface area (Å²) in [6.07, 6.45) is 0. The third kappa shape index (κ3) is 4.29. The van der Waals surface area contributed by atoms with Gasteiger partial charge in [-0.25, -0.2) is 4.98 Å². The SMILES string of the molecule is Cc1nsc(SCCNc2cccc(Br)c2)n1. The summed E-state index contributed by atoms with van der Waals surface area (Å²) in [5.41, 5.74) is 1.13. The third-order valence-electron chi connectivity index (χ3n) is 1.99. The Morgan fingerprint density at radius 3 is 3.06 bits per heavy atom. The van der Waals surface area contributed by atoms with Crippen LogP contribution in [-0.4, -0.2) is 21.7 Å². The van der Waals surface area contributed by atoms with Gasteiger partial charge in [-0.15, -0.1) is 0 Å². The molecule has 0 fully saturated rings. The normalized spacial score (nSPS) is 10.5. The molecule has 0 aliphatic rings. The highest BCUT2D eigenvalue weighted by Crippen LogP contribution is 2.20. The lowest BCUT2D eigenvalue weighted by Gasteiger charge is -2.05. The molecule has 0 spiro atoms. The first-order valence-corrected chi connectivity index (χ1v) is 7.72. The second kappa shape index (κ2) is 6.37. The summed E-state index contributed by atoms with van der Waals surface area (Å²) in [4.78, 5) is 4.30. The summed E-state index contributed by atoms with van der Waals surface area (Å²) in [7, 11) is 0. The van der Waals surface area contributed by atoms with Crippen molar-refractivity contribution in [2.45, 2.75) is 11.3 Å². The van der Waals surface area contributed by atoms with Gasteiger partial charge in [0.1, 0.15) is 5.82 Å². The smallest absolute Gasteiger partial charge is 0.170 e. The summed E-state index contributed by atoms with van der Waals surface area (Å²) in [6.45, 7) is 2.83. The molecule has 0 bridgehead atoms. The lowest BCUT2D eigenvalue weighted by molar-refractivity contribution is 1.10. The van der Waals surface area contributed by atoms with Crippen molar-refractivity contribution in [3.05, 3.63) is 34.6 Å². The van der Waals surface area contributed by atoms with Crippen molar-refractivity contribution in [2.24, 2.45) is 0 Å². The minimum absolute atomic E-state index is 0.859. The van der Waals surface area contributed by atoms with Gasteiger partial charge in [-0.2, -0.15) is 4.37 Å². The molecule has 1 aromatic carbocycles. The van der Waals surface area contributed by atoms with Gasteiger partial charge in [-0.1, -0.05) is 33.8 Å². The Kier molecular flexibility index (Phi) is 4.82. The highest BCUT2D eigenvalue weighted by molar-refractivity contribution is 9.10. The van der Waals surface area contributed by atoms with Gasteiger partial charge in [-0.05, 0) is 36.7 Å². The second-order valence-corrected chi connectivity index (χ2v) is 6.40. The van der Waals surface area contributed by atoms with Crippen molar-refractivity contribution in [3.63, 3.8) is 0 Å². The molecule has 1 N–H and O–H groups in total. The van der Waals surface area contributed by atoms with Crippen LogP contribution in [0.4, 0.5) is 5.69 Å². The molecule has 1 aromatic heterocycles. The standard InChI is InChI=1S/C11H12BrN3S2/c1-8-14-11(17-15-8)16-6-5-13-10-4-2-3-9(12)7-10/h2-4,7,13H,5-6H2,1H3. The number of hydrogen-bond donors (Lipinski definition) is 1. The Balaban J connectivity index is 1.73. The van der Waals surface area contributed by atoms with E-state index in [0.717, 1.165) is 32.6 Å². The minimum atomic E-state index is 0.859. The highest BCUT2D eigenvalue weighted by atomic mass is 79.9. The van der Waals surface area contributed by atoms with E-state index in [0.29, 0.717) is 0 Å². The van der Waals surface area contributed by atoms with Gasteiger partial charge in [-0.3, -0.25) is 0 Å². The Labute approximate surface area is 117 Å². The predicted molar refractivity (Wildman–Crippen MR) is 78.0 cm³/mol. The average Bonchev–Trinajstić information content (AvgIpc) is 2.71. The maximum atomic E-state index is 4.30. The zero-order valence-electron chi connectivity index (χ0n) is 9.31. The van der Waals surface area contributed by atoms with E-state index in [1.54, 1.807) is 11.8 Å². The van der Waals surface area contributed by atoms with E-state index < -0.39 is 0 Å². The third-order valence-corrected chi connectivity index (χ3v) is 4.41. The van der Waals surface area contributed by atoms with Crippen LogP contribution in [0.1, 0.15) is 5.82 Å². The van der Waals surface area contributed by atoms with E-state index in [1.807, 2.05) is 19.1 Å². The molecule has 0 atom stereocenters. The maximum absolute atomic E-state index is 4.30. The van der Waals surface area contributed by atoms with Crippen molar-refractivity contribution >= 4 is 44.9 Å². The van der Waals surface area contributed by atoms with Crippen LogP contribution in [0.3, 0.4) is 0 Å². The first-order valence-electron chi connectivity index (χ1n) is 5.16. The molecule has 2 aromatic rings. The van der Waals surface area contributed by atoms with Crippen molar-refractivity contribution in [1.82, 2.24) is 9.36 Å². The molecule has 0 radical (unpaired) electrons. The number of thioether (sulfide) groups is 1. The largest absolute Gasteiger partial charge is 0.384 e. The number of aryl methyl sites for hydroxylation is 1. The van der Waals surface area contributed by atoms with Crippen LogP contribution >= 0.6 is 39.2 Å². The number of anilines is 1. The van der Waals surface area contributed by atoms with Gasteiger partial charge >= 0.3 is 0 Å². The maximum Gasteiger partial charge on any atom is 0.170 e. The van der Waals surface area contributed by atoms with Crippen LogP contribution in [0.15, 0.2) is 33.1 Å². The van der Waals surface area contributed by atoms with Crippen LogP contribution in [0.2, 0.25) is 0 Å². The van der Waals surface area contributed by atoms with Crippen molar-refractivity contribution in [3.8, 4) is 0 Å². The number of nitrogens with zero attached hydrogens (tertiary/aromatic N) is 2. The average molecular weight is 330 g/mol. The molecule has 0 amide bonds. The van der Waals surface area contributed by atoms with E-state index in [2.05, 4.69) is 42.7 Å². The number of hydrogen-bond acceptors (Lipinski definition) is 5. The molecule has 0 saturated heterocycles. The first-order chi connectivity index (χ1) is 8.24. The Morgan fingerprint density at radius 1 is 1.47 bits per heavy atom. The summed E-state index contributed by atoms with van der Waals surface area (Å²) in [6, 6.07) is 8.17. The highest BCUT2D eigenvalue weighted by Gasteiger charge is 2.00. The summed E-state index contributed by atoms with van der Waals surface area (Å²) in [5, 5.41) is 3.37. The van der Waals surface area contributed by atoms with Crippen molar-refractivity contribution in [2.75, 3.05) is 17.6 Å². The van der Waals surface area contributed by atoms with Crippen LogP contribution in [0.5, 0.6) is 0 Å². The van der Waals surface area contributed by atoms with Crippen LogP contribution in [0.25, 0.3) is 0 Å². The zero-order chi connectivity index (χ0) is 12.1. The van der Waals surface area contributed by atoms with E-state index in [1.165, 1.54) is 11.5 Å². The summed E-state index contributed by atoms with van der Waals surface area (Å²) < 4.78 is 6.28. The number of aromatic nitrogens is 2. The van der Waals surface area contributed by atoms with Crippen molar-refractivity contribution in [1.29, 1.82) is 0 Å². The Hall–Kier alpha value is -0.590. The molecule has 90 valence electrons. The van der Waals surface area contributed by atoms with Crippen LogP contribution in [0, 0.1) is 6.92 Å². The predicted octanol–water partition coefficient (Wildman–Crippen LogP) is 3.81. The lowest BCUT2D eigenvalue weighted by Crippen LogP contribution is -2.03. The topological polar surface area (TPSA) is 37.8 Å². The van der Waals surface area contributed by atoms with Gasteiger partial charge in [0.25, 0.3) is 0 Å². The number of benzene rings is 1. The molecule has 6 heteroatoms. The minimum Gasteiger partial charge on any atom is -0.384 e. The second-order valence-electron chi connectivity index (χ2n) is 3.39. The molecule has 0 saturated carbocycles. The first kappa shape index (κ1) is 12.9. The van der Waals surface area contributed by atoms with Crippen molar-refractivity contribution < 1.29 is 0 Å². The fourth-order valence-electron chi connectivity index (χ4n) is 1.27. The summed E-state index contributed by atoms with van der Waals surface area (Å²) >= 11 is 6.65. The number of nitrogens with one attached hydrogen (secondary N) is 1. The number of rotatable bonds is 5. The van der Waals surface area contributed by atoms with Crippen LogP contribution in [-0.2, 0) is 0 Å². The molecular formula is C11H12BrN3S2. The zero-order valence-corrected chi connectivity index (χ0v) is 12.5. The van der Waals surface area contributed by atoms with Gasteiger partial charge < -0.3 is 5.32 Å². The molecule has 0 aliphatic carbocycles. The fraction of sp³-hybridized carbons (Fsp3) is 0.273. The molecule has 3 nitrogen and oxygen atoms in total. The Morgan fingerprint density at radius 2 is 2.35 bits per heavy atom. The molecule has 1 heterocycles. The van der Waals surface area contributed by atoms with E-state index in [-0.39, 0.29) is 0 Å². The molecule has 17 heavy (non-hydrogen) atoms. The molecule has 2 rings (SSSR count). The molecule has 0 unspecified atom stereocenters. The van der Waals surface area contributed by atoms with E-state index >= 15 is 0 Å². The van der Waals surface area contributed by atoms with Crippen LogP contribution < -0.4 is 5.32 Å². The molecular weight excluding hydrogens is 318 g/mol. The van der Waals surface area contributed by atoms with E-state index in [9.17, 15) is 0 Å². The van der Waals surface area contributed by atoms with Gasteiger partial charge in [0.05, 0.1) is 0 Å². The fourth-order valence-corrected chi connectivity index (χ4v) is 3.24. The van der Waals surface area contributed by atoms with Gasteiger partial charge in [0, 0.05) is 22.5 Å². The van der Waals surface area contributed by atoms with Gasteiger partial charge in [0.2, 0.25) is 0 Å². The Bertz CT molecular complexity index is 487. The van der Waals surface area contributed by atoms with Gasteiger partial charge in [0.15, 0.2) is 4.34 Å². The summed E-state index contributed by atoms with van der Waals surface area (Å²) in [5.74, 6) is 1.85. The lowest BCUT2D eigenvalue weighted by atomic mass is 10.3. The molecule has 0 aliphatic heterocycles.